The summed E-state index contributed by atoms with van der Waals surface area (Å²) in [6.07, 6.45) is -0.493. The lowest BCUT2D eigenvalue weighted by molar-refractivity contribution is -0.146. The molecular weight excluding hydrogens is 542 g/mol. The Morgan fingerprint density at radius 3 is 1.91 bits per heavy atom. The molecule has 0 saturated carbocycles. The molecule has 0 bridgehead atoms. The van der Waals surface area contributed by atoms with Gasteiger partial charge in [0.1, 0.15) is 23.4 Å². The van der Waals surface area contributed by atoms with E-state index in [-0.39, 0.29) is 12.3 Å². The zero-order valence-electron chi connectivity index (χ0n) is 26.8. The predicted molar refractivity (Wildman–Crippen MR) is 170 cm³/mol. The van der Waals surface area contributed by atoms with Crippen molar-refractivity contribution in [3.8, 4) is 5.75 Å². The molecule has 8 nitrogen and oxygen atoms in total. The van der Waals surface area contributed by atoms with Crippen molar-refractivity contribution in [3.05, 3.63) is 95.1 Å². The van der Waals surface area contributed by atoms with E-state index in [1.807, 2.05) is 83.1 Å². The van der Waals surface area contributed by atoms with E-state index in [1.54, 1.807) is 57.0 Å². The standard InChI is InChI=1S/C35H45N3O5/c1-23-14-13-15-24(2)29(23)30(31(39)36-26-18-20-27(42-9)21-19-26)38(34(3,4)5)32(40)28(22-25-16-11-10-12-17-25)37-33(41)43-35(6,7)8/h10-21,28,30H,22H2,1-9H3,(H,36,39)(H,37,41). The van der Waals surface area contributed by atoms with Crippen LogP contribution in [0.3, 0.4) is 0 Å². The monoisotopic (exact) mass is 587 g/mol. The number of carbonyl (C=O) groups is 3. The Morgan fingerprint density at radius 2 is 1.40 bits per heavy atom. The van der Waals surface area contributed by atoms with Crippen LogP contribution >= 0.6 is 0 Å². The van der Waals surface area contributed by atoms with Crippen molar-refractivity contribution in [1.82, 2.24) is 10.2 Å². The van der Waals surface area contributed by atoms with Crippen LogP contribution in [-0.2, 0) is 20.7 Å². The van der Waals surface area contributed by atoms with Crippen molar-refractivity contribution in [3.63, 3.8) is 0 Å². The van der Waals surface area contributed by atoms with E-state index in [0.717, 1.165) is 22.3 Å². The van der Waals surface area contributed by atoms with Gasteiger partial charge < -0.3 is 25.0 Å². The number of rotatable bonds is 9. The first-order chi connectivity index (χ1) is 20.1. The Kier molecular flexibility index (Phi) is 10.6. The molecule has 0 saturated heterocycles. The first-order valence-corrected chi connectivity index (χ1v) is 14.5. The Morgan fingerprint density at radius 1 is 0.814 bits per heavy atom. The molecule has 0 fully saturated rings. The van der Waals surface area contributed by atoms with Gasteiger partial charge >= 0.3 is 6.09 Å². The highest BCUT2D eigenvalue weighted by Crippen LogP contribution is 2.35. The van der Waals surface area contributed by atoms with E-state index in [2.05, 4.69) is 10.6 Å². The number of nitrogens with one attached hydrogen (secondary N) is 2. The number of anilines is 1. The average molecular weight is 588 g/mol. The van der Waals surface area contributed by atoms with Gasteiger partial charge in [-0.1, -0.05) is 48.5 Å². The molecule has 3 rings (SSSR count). The van der Waals surface area contributed by atoms with Crippen LogP contribution in [0.1, 0.15) is 69.8 Å². The van der Waals surface area contributed by atoms with E-state index in [9.17, 15) is 14.4 Å². The van der Waals surface area contributed by atoms with Crippen LogP contribution in [0.15, 0.2) is 72.8 Å². The number of alkyl carbamates (subject to hydrolysis) is 1. The second kappa shape index (κ2) is 13.8. The Labute approximate surface area is 255 Å². The van der Waals surface area contributed by atoms with Gasteiger partial charge in [-0.05, 0) is 102 Å². The van der Waals surface area contributed by atoms with Crippen LogP contribution in [0.5, 0.6) is 5.75 Å². The number of methoxy groups -OCH3 is 1. The fraction of sp³-hybridized carbons (Fsp3) is 0.400. The smallest absolute Gasteiger partial charge is 0.408 e. The summed E-state index contributed by atoms with van der Waals surface area (Å²) < 4.78 is 10.8. The highest BCUT2D eigenvalue weighted by atomic mass is 16.6. The Balaban J connectivity index is 2.14. The molecule has 8 heteroatoms. The molecule has 3 amide bonds. The normalized spacial score (nSPS) is 13.0. The molecule has 0 aliphatic heterocycles. The molecule has 0 spiro atoms. The fourth-order valence-electron chi connectivity index (χ4n) is 5.03. The van der Waals surface area contributed by atoms with Crippen molar-refractivity contribution >= 4 is 23.6 Å². The van der Waals surface area contributed by atoms with Crippen LogP contribution in [0.4, 0.5) is 10.5 Å². The number of benzene rings is 3. The van der Waals surface area contributed by atoms with Crippen molar-refractivity contribution in [2.45, 2.75) is 85.0 Å². The molecule has 3 aromatic carbocycles. The van der Waals surface area contributed by atoms with Gasteiger partial charge in [0.2, 0.25) is 5.91 Å². The number of nitrogens with zero attached hydrogens (tertiary/aromatic N) is 1. The minimum Gasteiger partial charge on any atom is -0.497 e. The van der Waals surface area contributed by atoms with Crippen molar-refractivity contribution in [1.29, 1.82) is 0 Å². The lowest BCUT2D eigenvalue weighted by Crippen LogP contribution is -2.58. The summed E-state index contributed by atoms with van der Waals surface area (Å²) in [6, 6.07) is 20.3. The molecule has 2 N–H and O–H groups in total. The number of aryl methyl sites for hydroxylation is 2. The molecule has 2 unspecified atom stereocenters. The quantitative estimate of drug-likeness (QED) is 0.289. The van der Waals surface area contributed by atoms with E-state index in [1.165, 1.54) is 0 Å². The topological polar surface area (TPSA) is 97.0 Å². The number of ether oxygens (including phenoxy) is 2. The molecule has 0 heterocycles. The minimum absolute atomic E-state index is 0.213. The van der Waals surface area contributed by atoms with Gasteiger partial charge in [0.15, 0.2) is 0 Å². The molecule has 0 radical (unpaired) electrons. The van der Waals surface area contributed by atoms with Gasteiger partial charge in [0, 0.05) is 17.6 Å². The minimum atomic E-state index is -1.01. The predicted octanol–water partition coefficient (Wildman–Crippen LogP) is 6.75. The molecule has 0 aliphatic rings. The van der Waals surface area contributed by atoms with Crippen LogP contribution in [0.2, 0.25) is 0 Å². The Hall–Kier alpha value is -4.33. The van der Waals surface area contributed by atoms with Gasteiger partial charge in [-0.25, -0.2) is 4.79 Å². The van der Waals surface area contributed by atoms with Gasteiger partial charge in [0.05, 0.1) is 7.11 Å². The highest BCUT2D eigenvalue weighted by Gasteiger charge is 2.43. The van der Waals surface area contributed by atoms with Gasteiger partial charge in [-0.3, -0.25) is 9.59 Å². The van der Waals surface area contributed by atoms with Crippen LogP contribution in [-0.4, -0.2) is 47.1 Å². The third-order valence-electron chi connectivity index (χ3n) is 6.91. The summed E-state index contributed by atoms with van der Waals surface area (Å²) in [4.78, 5) is 43.6. The van der Waals surface area contributed by atoms with Crippen molar-refractivity contribution in [2.24, 2.45) is 0 Å². The first kappa shape index (κ1) is 33.2. The summed E-state index contributed by atoms with van der Waals surface area (Å²) >= 11 is 0. The SMILES string of the molecule is COc1ccc(NC(=O)C(c2c(C)cccc2C)N(C(=O)C(Cc2ccccc2)NC(=O)OC(C)(C)C)C(C)(C)C)cc1. The van der Waals surface area contributed by atoms with Crippen LogP contribution < -0.4 is 15.4 Å². The fourth-order valence-corrected chi connectivity index (χ4v) is 5.03. The van der Waals surface area contributed by atoms with Crippen molar-refractivity contribution in [2.75, 3.05) is 12.4 Å². The largest absolute Gasteiger partial charge is 0.497 e. The number of amides is 3. The number of hydrogen-bond acceptors (Lipinski definition) is 5. The maximum absolute atomic E-state index is 14.7. The molecule has 2 atom stereocenters. The maximum atomic E-state index is 14.7. The van der Waals surface area contributed by atoms with Crippen molar-refractivity contribution < 1.29 is 23.9 Å². The third-order valence-corrected chi connectivity index (χ3v) is 6.91. The third kappa shape index (κ3) is 9.08. The highest BCUT2D eigenvalue weighted by molar-refractivity contribution is 5.99. The van der Waals surface area contributed by atoms with Gasteiger partial charge in [-0.2, -0.15) is 0 Å². The van der Waals surface area contributed by atoms with Gasteiger partial charge in [-0.15, -0.1) is 0 Å². The van der Waals surface area contributed by atoms with Gasteiger partial charge in [0.25, 0.3) is 5.91 Å². The lowest BCUT2D eigenvalue weighted by Gasteiger charge is -2.43. The zero-order valence-corrected chi connectivity index (χ0v) is 26.8. The average Bonchev–Trinajstić information content (AvgIpc) is 2.91. The molecule has 3 aromatic rings. The summed E-state index contributed by atoms with van der Waals surface area (Å²) in [5.41, 5.74) is 2.32. The summed E-state index contributed by atoms with van der Waals surface area (Å²) in [5, 5.41) is 5.83. The maximum Gasteiger partial charge on any atom is 0.408 e. The second-order valence-electron chi connectivity index (χ2n) is 12.7. The summed E-state index contributed by atoms with van der Waals surface area (Å²) in [7, 11) is 1.58. The molecule has 0 aliphatic carbocycles. The zero-order chi connectivity index (χ0) is 31.9. The summed E-state index contributed by atoms with van der Waals surface area (Å²) in [6.45, 7) is 14.8. The van der Waals surface area contributed by atoms with E-state index in [0.29, 0.717) is 11.4 Å². The van der Waals surface area contributed by atoms with E-state index in [4.69, 9.17) is 9.47 Å². The van der Waals surface area contributed by atoms with Crippen LogP contribution in [0.25, 0.3) is 0 Å². The van der Waals surface area contributed by atoms with E-state index < -0.39 is 35.2 Å². The number of carbonyl (C=O) groups excluding carboxylic acids is 3. The summed E-state index contributed by atoms with van der Waals surface area (Å²) in [5.74, 6) is -0.117. The molecular formula is C35H45N3O5. The van der Waals surface area contributed by atoms with Crippen LogP contribution in [0, 0.1) is 13.8 Å². The second-order valence-corrected chi connectivity index (χ2v) is 12.7. The molecule has 230 valence electrons. The molecule has 0 aromatic heterocycles. The Bertz CT molecular complexity index is 1390. The first-order valence-electron chi connectivity index (χ1n) is 14.5. The number of hydrogen-bond donors (Lipinski definition) is 2. The lowest BCUT2D eigenvalue weighted by atomic mass is 9.89. The molecule has 43 heavy (non-hydrogen) atoms. The van der Waals surface area contributed by atoms with E-state index >= 15 is 0 Å².